The summed E-state index contributed by atoms with van der Waals surface area (Å²) in [6.45, 7) is 6.48. The summed E-state index contributed by atoms with van der Waals surface area (Å²) < 4.78 is 16.8. The maximum atomic E-state index is 12.8. The number of hydrogen-bond acceptors (Lipinski definition) is 6. The van der Waals surface area contributed by atoms with E-state index in [1.165, 1.54) is 199 Å². The van der Waals surface area contributed by atoms with E-state index in [2.05, 4.69) is 81.5 Å². The number of rotatable bonds is 58. The van der Waals surface area contributed by atoms with Crippen LogP contribution in [0.25, 0.3) is 0 Å². The number of esters is 3. The lowest BCUT2D eigenvalue weighted by molar-refractivity contribution is -0.167. The molecule has 6 heteroatoms. The zero-order valence-corrected chi connectivity index (χ0v) is 48.7. The molecular formula is C67H120O6. The van der Waals surface area contributed by atoms with Gasteiger partial charge in [-0.15, -0.1) is 0 Å². The van der Waals surface area contributed by atoms with Gasteiger partial charge in [-0.3, -0.25) is 14.4 Å². The first kappa shape index (κ1) is 70.1. The lowest BCUT2D eigenvalue weighted by Crippen LogP contribution is -2.30. The Morgan fingerprint density at radius 3 is 0.849 bits per heavy atom. The Hall–Kier alpha value is -2.89. The standard InChI is InChI=1S/C67H120O6/c1-4-7-10-13-16-18-20-22-24-25-26-27-28-29-30-31-32-33-34-35-36-37-38-39-40-41-42-43-44-46-47-49-51-54-57-60-66(69)72-63-64(62-71-65(68)59-56-53-15-12-9-6-3)73-67(70)61-58-55-52-50-48-45-23-21-19-17-14-11-8-5-2/h7,10,16,18,21-24,26-27,64H,4-6,8-9,11-15,17,19-20,25,28-63H2,1-3H3/b10-7-,18-16-,23-21-,24-22-,27-26-. The molecule has 0 rings (SSSR count). The number of ether oxygens (including phenoxy) is 3. The van der Waals surface area contributed by atoms with Crippen LogP contribution < -0.4 is 0 Å². The van der Waals surface area contributed by atoms with E-state index in [4.69, 9.17) is 14.2 Å². The predicted molar refractivity (Wildman–Crippen MR) is 316 cm³/mol. The third kappa shape index (κ3) is 59.9. The third-order valence-electron chi connectivity index (χ3n) is 14.0. The van der Waals surface area contributed by atoms with Gasteiger partial charge in [-0.25, -0.2) is 0 Å². The predicted octanol–water partition coefficient (Wildman–Crippen LogP) is 21.6. The van der Waals surface area contributed by atoms with Gasteiger partial charge in [0.2, 0.25) is 0 Å². The SMILES string of the molecule is CC/C=C\C/C=C\C/C=C\C/C=C\CCCCCCCCCCCCCCCCCCCCCCCCC(=O)OCC(COC(=O)CCCCCCCC)OC(=O)CCCCCCC/C=C\CCCCCCC. The summed E-state index contributed by atoms with van der Waals surface area (Å²) in [7, 11) is 0. The monoisotopic (exact) mass is 1020 g/mol. The minimum atomic E-state index is -0.771. The molecule has 0 saturated heterocycles. The van der Waals surface area contributed by atoms with Crippen LogP contribution in [0.3, 0.4) is 0 Å². The molecule has 0 aliphatic carbocycles. The normalized spacial score (nSPS) is 12.4. The van der Waals surface area contributed by atoms with Crippen LogP contribution in [0.1, 0.15) is 329 Å². The molecule has 0 aromatic carbocycles. The van der Waals surface area contributed by atoms with Gasteiger partial charge in [0.1, 0.15) is 13.2 Å². The minimum absolute atomic E-state index is 0.0724. The van der Waals surface area contributed by atoms with E-state index >= 15 is 0 Å². The van der Waals surface area contributed by atoms with Crippen molar-refractivity contribution in [3.8, 4) is 0 Å². The Labute approximate surface area is 453 Å². The van der Waals surface area contributed by atoms with E-state index < -0.39 is 6.10 Å². The maximum absolute atomic E-state index is 12.8. The lowest BCUT2D eigenvalue weighted by Gasteiger charge is -2.18. The number of unbranched alkanes of at least 4 members (excludes halogenated alkanes) is 37. The largest absolute Gasteiger partial charge is 0.462 e. The average molecular weight is 1020 g/mol. The van der Waals surface area contributed by atoms with E-state index in [1.54, 1.807) is 0 Å². The number of carbonyl (C=O) groups is 3. The zero-order chi connectivity index (χ0) is 52.9. The molecule has 0 aromatic rings. The minimum Gasteiger partial charge on any atom is -0.462 e. The van der Waals surface area contributed by atoms with Crippen molar-refractivity contribution in [2.45, 2.75) is 335 Å². The number of allylic oxidation sites excluding steroid dienone is 10. The Bertz CT molecular complexity index is 1310. The molecule has 1 atom stereocenters. The number of hydrogen-bond donors (Lipinski definition) is 0. The van der Waals surface area contributed by atoms with Gasteiger partial charge in [0, 0.05) is 19.3 Å². The molecule has 0 amide bonds. The fourth-order valence-corrected chi connectivity index (χ4v) is 9.25. The van der Waals surface area contributed by atoms with Gasteiger partial charge in [-0.05, 0) is 83.5 Å². The molecule has 1 unspecified atom stereocenters. The highest BCUT2D eigenvalue weighted by molar-refractivity contribution is 5.71. The Balaban J connectivity index is 3.89. The molecule has 0 spiro atoms. The van der Waals surface area contributed by atoms with Crippen molar-refractivity contribution in [2.24, 2.45) is 0 Å². The van der Waals surface area contributed by atoms with Crippen molar-refractivity contribution in [2.75, 3.05) is 13.2 Å². The van der Waals surface area contributed by atoms with Crippen LogP contribution in [-0.2, 0) is 28.6 Å². The van der Waals surface area contributed by atoms with Gasteiger partial charge >= 0.3 is 17.9 Å². The van der Waals surface area contributed by atoms with Crippen LogP contribution in [0.15, 0.2) is 60.8 Å². The first-order valence-corrected chi connectivity index (χ1v) is 31.8. The first-order valence-electron chi connectivity index (χ1n) is 31.8. The van der Waals surface area contributed by atoms with E-state index in [0.717, 1.165) is 89.9 Å². The molecule has 0 bridgehead atoms. The van der Waals surface area contributed by atoms with Crippen molar-refractivity contribution >= 4 is 17.9 Å². The second kappa shape index (κ2) is 61.7. The molecule has 0 saturated carbocycles. The summed E-state index contributed by atoms with van der Waals surface area (Å²) in [5.41, 5.74) is 0. The highest BCUT2D eigenvalue weighted by Gasteiger charge is 2.19. The van der Waals surface area contributed by atoms with E-state index in [-0.39, 0.29) is 31.1 Å². The van der Waals surface area contributed by atoms with E-state index in [9.17, 15) is 14.4 Å². The zero-order valence-electron chi connectivity index (χ0n) is 48.7. The molecule has 6 nitrogen and oxygen atoms in total. The second-order valence-corrected chi connectivity index (χ2v) is 21.3. The van der Waals surface area contributed by atoms with Crippen LogP contribution >= 0.6 is 0 Å². The lowest BCUT2D eigenvalue weighted by atomic mass is 10.0. The van der Waals surface area contributed by atoms with Crippen LogP contribution in [-0.4, -0.2) is 37.2 Å². The smallest absolute Gasteiger partial charge is 0.306 e. The molecule has 424 valence electrons. The van der Waals surface area contributed by atoms with Gasteiger partial charge in [-0.1, -0.05) is 287 Å². The molecule has 0 heterocycles. The molecular weight excluding hydrogens is 901 g/mol. The fraction of sp³-hybridized carbons (Fsp3) is 0.806. The second-order valence-electron chi connectivity index (χ2n) is 21.3. The Morgan fingerprint density at radius 1 is 0.288 bits per heavy atom. The molecule has 0 aliphatic heterocycles. The summed E-state index contributed by atoms with van der Waals surface area (Å²) in [4.78, 5) is 37.9. The quantitative estimate of drug-likeness (QED) is 0.0261. The molecule has 0 aliphatic rings. The molecule has 0 radical (unpaired) electrons. The van der Waals surface area contributed by atoms with E-state index in [1.807, 2.05) is 0 Å². The fourth-order valence-electron chi connectivity index (χ4n) is 9.25. The van der Waals surface area contributed by atoms with Crippen molar-refractivity contribution in [1.29, 1.82) is 0 Å². The topological polar surface area (TPSA) is 78.9 Å². The maximum Gasteiger partial charge on any atom is 0.306 e. The van der Waals surface area contributed by atoms with Gasteiger partial charge in [0.25, 0.3) is 0 Å². The average Bonchev–Trinajstić information content (AvgIpc) is 3.39. The van der Waals surface area contributed by atoms with Crippen LogP contribution in [0.2, 0.25) is 0 Å². The molecule has 0 fully saturated rings. The summed E-state index contributed by atoms with van der Waals surface area (Å²) in [6, 6.07) is 0. The Kier molecular flexibility index (Phi) is 59.2. The molecule has 73 heavy (non-hydrogen) atoms. The summed E-state index contributed by atoms with van der Waals surface area (Å²) in [6.07, 6.45) is 78.6. The van der Waals surface area contributed by atoms with Crippen molar-refractivity contribution in [1.82, 2.24) is 0 Å². The van der Waals surface area contributed by atoms with Crippen molar-refractivity contribution in [3.05, 3.63) is 60.8 Å². The number of carbonyl (C=O) groups excluding carboxylic acids is 3. The Morgan fingerprint density at radius 2 is 0.534 bits per heavy atom. The highest BCUT2D eigenvalue weighted by Crippen LogP contribution is 2.17. The van der Waals surface area contributed by atoms with Gasteiger partial charge < -0.3 is 14.2 Å². The van der Waals surface area contributed by atoms with Gasteiger partial charge in [0.05, 0.1) is 0 Å². The molecule has 0 N–H and O–H groups in total. The highest BCUT2D eigenvalue weighted by atomic mass is 16.6. The van der Waals surface area contributed by atoms with Crippen molar-refractivity contribution in [3.63, 3.8) is 0 Å². The summed E-state index contributed by atoms with van der Waals surface area (Å²) >= 11 is 0. The van der Waals surface area contributed by atoms with E-state index in [0.29, 0.717) is 19.3 Å². The van der Waals surface area contributed by atoms with Crippen LogP contribution in [0.5, 0.6) is 0 Å². The molecule has 0 aromatic heterocycles. The summed E-state index contributed by atoms with van der Waals surface area (Å²) in [5.74, 6) is -0.876. The van der Waals surface area contributed by atoms with Crippen molar-refractivity contribution < 1.29 is 28.6 Å². The van der Waals surface area contributed by atoms with Crippen LogP contribution in [0, 0.1) is 0 Å². The summed E-state index contributed by atoms with van der Waals surface area (Å²) in [5, 5.41) is 0. The third-order valence-corrected chi connectivity index (χ3v) is 14.0. The van der Waals surface area contributed by atoms with Gasteiger partial charge in [0.15, 0.2) is 6.10 Å². The van der Waals surface area contributed by atoms with Gasteiger partial charge in [-0.2, -0.15) is 0 Å². The van der Waals surface area contributed by atoms with Crippen LogP contribution in [0.4, 0.5) is 0 Å². The first-order chi connectivity index (χ1) is 36.0.